The molecule has 8 N–H and O–H groups in total. The lowest BCUT2D eigenvalue weighted by Gasteiger charge is -2.28. The van der Waals surface area contributed by atoms with Crippen LogP contribution in [0.15, 0.2) is 6.20 Å². The van der Waals surface area contributed by atoms with Gasteiger partial charge in [0.25, 0.3) is 0 Å². The van der Waals surface area contributed by atoms with E-state index in [4.69, 9.17) is 40.1 Å². The Morgan fingerprint density at radius 1 is 1.35 bits per heavy atom. The number of rotatable bonds is 8. The molecule has 1 aliphatic rings. The molecular weight excluding hydrogens is 514 g/mol. The first-order chi connectivity index (χ1) is 14.6. The molecule has 1 fully saturated rings. The van der Waals surface area contributed by atoms with Crippen LogP contribution < -0.4 is 5.73 Å². The van der Waals surface area contributed by atoms with Gasteiger partial charge in [0.05, 0.1) is 9.30 Å². The van der Waals surface area contributed by atoms with Crippen molar-refractivity contribution in [2.24, 2.45) is 0 Å². The second-order valence-electron chi connectivity index (χ2n) is 6.04. The summed E-state index contributed by atoms with van der Waals surface area (Å²) in [5, 5.41) is 21.0. The molecule has 1 saturated heterocycles. The summed E-state index contributed by atoms with van der Waals surface area (Å²) >= 11 is 4.87. The first-order valence-electron chi connectivity index (χ1n) is 8.52. The number of aromatic nitrogens is 2. The van der Waals surface area contributed by atoms with Crippen molar-refractivity contribution in [2.75, 3.05) is 12.3 Å². The van der Waals surface area contributed by atoms with Crippen LogP contribution in [0.2, 0.25) is 0 Å². The van der Waals surface area contributed by atoms with Crippen molar-refractivity contribution in [3.8, 4) is 0 Å². The van der Waals surface area contributed by atoms with E-state index >= 15 is 0 Å². The van der Waals surface area contributed by atoms with Gasteiger partial charge in [-0.1, -0.05) is 0 Å². The highest BCUT2D eigenvalue weighted by atomic mass is 32.1. The third-order valence-corrected chi connectivity index (χ3v) is 7.51. The van der Waals surface area contributed by atoms with Gasteiger partial charge in [-0.05, 0) is 19.1 Å². The molecule has 0 spiro atoms. The third kappa shape index (κ3) is 6.66. The first-order valence-corrected chi connectivity index (χ1v) is 12.5. The van der Waals surface area contributed by atoms with E-state index in [-0.39, 0.29) is 0 Å². The van der Waals surface area contributed by atoms with E-state index in [2.05, 4.69) is 18.1 Å². The number of nitrogen functional groups attached to an aromatic ring is 1. The van der Waals surface area contributed by atoms with E-state index in [0.29, 0.717) is 10.8 Å². The van der Waals surface area contributed by atoms with Crippen LogP contribution in [0.4, 0.5) is 10.2 Å². The summed E-state index contributed by atoms with van der Waals surface area (Å²) in [6.07, 6.45) is -5.86. The van der Waals surface area contributed by atoms with E-state index in [9.17, 15) is 33.2 Å². The van der Waals surface area contributed by atoms with Gasteiger partial charge in [0, 0.05) is 6.20 Å². The van der Waals surface area contributed by atoms with Gasteiger partial charge in [0.1, 0.15) is 17.8 Å². The second kappa shape index (κ2) is 8.93. The highest BCUT2D eigenvalue weighted by Crippen LogP contribution is 2.66. The molecule has 178 valence electrons. The Balaban J connectivity index is 2.33. The maximum atomic E-state index is 13.8. The summed E-state index contributed by atoms with van der Waals surface area (Å²) in [7, 11) is -17.7. The number of hydrogen-bond acceptors (Lipinski definition) is 12. The van der Waals surface area contributed by atoms with Gasteiger partial charge in [-0.2, -0.15) is 13.6 Å². The fraction of sp³-hybridized carbons (Fsp3) is 0.600. The fourth-order valence-electron chi connectivity index (χ4n) is 2.28. The van der Waals surface area contributed by atoms with Crippen molar-refractivity contribution in [3.05, 3.63) is 16.8 Å². The largest absolute Gasteiger partial charge is 0.490 e. The van der Waals surface area contributed by atoms with E-state index in [0.717, 1.165) is 6.92 Å². The standard InChI is InChI=1S/C10H17FN3O13P3S/c1-10(16)6(15)5(25-8(10)14-2-4(11)7(12)13-9(14)31)3-24-29(20,21)27-30(22,23)26-28(17,18)19/h2,5-6,8,15-16H,3H2,1H3,(H,20,21)(H,22,23)(H2,12,13,31)(H2,17,18,19)/t5-,6+,8-,10?/m1/s1/i3D2. The number of ether oxygens (including phenoxy) is 1. The highest BCUT2D eigenvalue weighted by molar-refractivity contribution is 7.71. The molecule has 3 unspecified atom stereocenters. The number of anilines is 1. The average Bonchev–Trinajstić information content (AvgIpc) is 2.77. The topological polar surface area (TPSA) is 253 Å². The number of hydrogen-bond donors (Lipinski definition) is 7. The molecule has 0 radical (unpaired) electrons. The van der Waals surface area contributed by atoms with Crippen molar-refractivity contribution in [3.63, 3.8) is 0 Å². The van der Waals surface area contributed by atoms with E-state index < -0.39 is 70.5 Å². The van der Waals surface area contributed by atoms with Crippen LogP contribution in [0, 0.1) is 10.6 Å². The number of phosphoric ester groups is 1. The van der Waals surface area contributed by atoms with Crippen LogP contribution in [0.5, 0.6) is 0 Å². The second-order valence-corrected chi connectivity index (χ2v) is 10.8. The Labute approximate surface area is 180 Å². The Morgan fingerprint density at radius 2 is 1.94 bits per heavy atom. The summed E-state index contributed by atoms with van der Waals surface area (Å²) in [6, 6.07) is 0. The van der Waals surface area contributed by atoms with Gasteiger partial charge in [0.2, 0.25) is 4.77 Å². The van der Waals surface area contributed by atoms with E-state index in [1.807, 2.05) is 0 Å². The zero-order valence-electron chi connectivity index (χ0n) is 17.0. The monoisotopic (exact) mass is 533 g/mol. The van der Waals surface area contributed by atoms with Gasteiger partial charge in [-0.15, -0.1) is 0 Å². The molecule has 1 aromatic heterocycles. The minimum absolute atomic E-state index is 0.472. The van der Waals surface area contributed by atoms with Crippen LogP contribution in [-0.2, 0) is 31.6 Å². The molecule has 0 aliphatic carbocycles. The van der Waals surface area contributed by atoms with Crippen LogP contribution in [0.3, 0.4) is 0 Å². The van der Waals surface area contributed by atoms with Gasteiger partial charge in [-0.3, -0.25) is 9.09 Å². The summed E-state index contributed by atoms with van der Waals surface area (Å²) < 4.78 is 79.7. The van der Waals surface area contributed by atoms with Crippen LogP contribution in [0.1, 0.15) is 15.9 Å². The maximum Gasteiger partial charge on any atom is 0.490 e. The molecule has 0 bridgehead atoms. The lowest BCUT2D eigenvalue weighted by molar-refractivity contribution is -0.0980. The zero-order valence-corrected chi connectivity index (χ0v) is 18.4. The first kappa shape index (κ1) is 23.5. The molecule has 0 aromatic carbocycles. The predicted octanol–water partition coefficient (Wildman–Crippen LogP) is -0.314. The van der Waals surface area contributed by atoms with E-state index in [1.165, 1.54) is 0 Å². The van der Waals surface area contributed by atoms with Crippen molar-refractivity contribution < 1.29 is 68.5 Å². The average molecular weight is 533 g/mol. The van der Waals surface area contributed by atoms with Gasteiger partial charge in [0.15, 0.2) is 17.9 Å². The Kier molecular flexibility index (Phi) is 6.76. The minimum Gasteiger partial charge on any atom is -0.387 e. The molecular formula is C10H17FN3O13P3S. The summed E-state index contributed by atoms with van der Waals surface area (Å²) in [5.74, 6) is -1.74. The fourth-order valence-corrected chi connectivity index (χ4v) is 5.41. The lowest BCUT2D eigenvalue weighted by atomic mass is 9.96. The zero-order chi connectivity index (χ0) is 25.8. The normalized spacial score (nSPS) is 32.1. The minimum atomic E-state index is -6.00. The Bertz CT molecular complexity index is 1130. The molecule has 1 aromatic rings. The quantitative estimate of drug-likeness (QED) is 0.167. The molecule has 16 nitrogen and oxygen atoms in total. The number of halogens is 1. The Morgan fingerprint density at radius 3 is 2.48 bits per heavy atom. The van der Waals surface area contributed by atoms with Crippen molar-refractivity contribution in [1.29, 1.82) is 0 Å². The predicted molar refractivity (Wildman–Crippen MR) is 97.8 cm³/mol. The van der Waals surface area contributed by atoms with Crippen molar-refractivity contribution in [1.82, 2.24) is 9.55 Å². The number of nitrogens with two attached hydrogens (primary N) is 1. The summed E-state index contributed by atoms with van der Waals surface area (Å²) in [6.45, 7) is -2.70. The number of nitrogens with zero attached hydrogens (tertiary/aromatic N) is 2. The van der Waals surface area contributed by atoms with Gasteiger partial charge >= 0.3 is 23.5 Å². The van der Waals surface area contributed by atoms with Crippen molar-refractivity contribution >= 4 is 41.5 Å². The third-order valence-electron chi connectivity index (χ3n) is 3.55. The molecule has 21 heteroatoms. The SMILES string of the molecule is [2H]C([2H])(OP(=O)(O)OP(=O)(O)OP(=O)(O)O)[C@H]1O[C@@H](n2cc(F)c(N)nc2=S)C(C)(O)[C@H]1O. The molecule has 2 rings (SSSR count). The molecule has 1 aliphatic heterocycles. The molecule has 0 amide bonds. The number of aliphatic hydroxyl groups excluding tert-OH is 1. The van der Waals surface area contributed by atoms with Crippen LogP contribution in [-0.4, -0.2) is 63.7 Å². The number of phosphoric acid groups is 3. The van der Waals surface area contributed by atoms with E-state index in [1.54, 1.807) is 0 Å². The van der Waals surface area contributed by atoms with Crippen LogP contribution in [0.25, 0.3) is 0 Å². The Hall–Kier alpha value is -0.680. The van der Waals surface area contributed by atoms with Crippen LogP contribution >= 0.6 is 35.7 Å². The molecule has 31 heavy (non-hydrogen) atoms. The molecule has 6 atom stereocenters. The number of aliphatic hydroxyl groups is 2. The molecule has 2 heterocycles. The molecule has 0 saturated carbocycles. The van der Waals surface area contributed by atoms with Gasteiger partial charge < -0.3 is 40.3 Å². The summed E-state index contributed by atoms with van der Waals surface area (Å²) in [5.41, 5.74) is 2.81. The van der Waals surface area contributed by atoms with Gasteiger partial charge in [-0.25, -0.2) is 18.1 Å². The summed E-state index contributed by atoms with van der Waals surface area (Å²) in [4.78, 5) is 39.2. The highest BCUT2D eigenvalue weighted by Gasteiger charge is 2.54. The maximum absolute atomic E-state index is 13.8. The lowest BCUT2D eigenvalue weighted by Crippen LogP contribution is -2.44. The smallest absolute Gasteiger partial charge is 0.387 e. The van der Waals surface area contributed by atoms with Crippen molar-refractivity contribution in [2.45, 2.75) is 31.0 Å².